The molecule has 9 nitrogen and oxygen atoms in total. The molecule has 4 rings (SSSR count). The van der Waals surface area contributed by atoms with Gasteiger partial charge in [-0.2, -0.15) is 0 Å². The van der Waals surface area contributed by atoms with Crippen LogP contribution in [0.25, 0.3) is 22.6 Å². The van der Waals surface area contributed by atoms with E-state index < -0.39 is 0 Å². The molecule has 1 aliphatic rings. The van der Waals surface area contributed by atoms with Gasteiger partial charge in [0.25, 0.3) is 0 Å². The van der Waals surface area contributed by atoms with E-state index in [2.05, 4.69) is 32.2 Å². The summed E-state index contributed by atoms with van der Waals surface area (Å²) in [7, 11) is 0. The molecule has 1 aliphatic heterocycles. The van der Waals surface area contributed by atoms with Crippen molar-refractivity contribution in [3.05, 3.63) is 24.5 Å². The first-order valence-electron chi connectivity index (χ1n) is 10.5. The number of hydrogen-bond donors (Lipinski definition) is 1. The lowest BCUT2D eigenvalue weighted by atomic mass is 10.0. The van der Waals surface area contributed by atoms with Gasteiger partial charge in [-0.15, -0.1) is 0 Å². The predicted molar refractivity (Wildman–Crippen MR) is 115 cm³/mol. The average molecular weight is 409 g/mol. The minimum absolute atomic E-state index is 0.00838. The molecule has 1 atom stereocenters. The summed E-state index contributed by atoms with van der Waals surface area (Å²) < 4.78 is 2.05. The van der Waals surface area contributed by atoms with E-state index in [0.29, 0.717) is 12.4 Å². The van der Waals surface area contributed by atoms with Gasteiger partial charge in [0.15, 0.2) is 17.0 Å². The largest absolute Gasteiger partial charge is 0.364 e. The van der Waals surface area contributed by atoms with Gasteiger partial charge in [0.1, 0.15) is 18.0 Å². The number of hydrogen-bond acceptors (Lipinski definition) is 7. The Hall–Kier alpha value is -3.10. The molecule has 0 spiro atoms. The van der Waals surface area contributed by atoms with Crippen LogP contribution in [-0.2, 0) is 11.3 Å². The van der Waals surface area contributed by atoms with Crippen molar-refractivity contribution in [3.63, 3.8) is 0 Å². The number of nitrogens with one attached hydrogen (secondary N) is 1. The first kappa shape index (κ1) is 20.2. The third kappa shape index (κ3) is 3.83. The van der Waals surface area contributed by atoms with Crippen LogP contribution in [0.15, 0.2) is 18.7 Å². The fraction of sp³-hybridized carbons (Fsp3) is 0.524. The van der Waals surface area contributed by atoms with Crippen LogP contribution in [0.3, 0.4) is 0 Å². The Morgan fingerprint density at radius 3 is 2.70 bits per heavy atom. The van der Waals surface area contributed by atoms with Crippen molar-refractivity contribution in [3.8, 4) is 11.4 Å². The molecule has 0 aromatic carbocycles. The number of likely N-dealkylation sites (tertiary alicyclic amines) is 1. The number of anilines is 1. The molecule has 1 N–H and O–H groups in total. The van der Waals surface area contributed by atoms with Gasteiger partial charge in [0.2, 0.25) is 5.91 Å². The molecule has 158 valence electrons. The fourth-order valence-corrected chi connectivity index (χ4v) is 3.92. The lowest BCUT2D eigenvalue weighted by Crippen LogP contribution is -2.46. The molecule has 0 radical (unpaired) electrons. The van der Waals surface area contributed by atoms with Crippen LogP contribution in [0.2, 0.25) is 0 Å². The Balaban J connectivity index is 1.65. The van der Waals surface area contributed by atoms with Gasteiger partial charge < -0.3 is 14.8 Å². The first-order valence-corrected chi connectivity index (χ1v) is 10.5. The van der Waals surface area contributed by atoms with Gasteiger partial charge in [-0.3, -0.25) is 4.79 Å². The Morgan fingerprint density at radius 2 is 2.00 bits per heavy atom. The van der Waals surface area contributed by atoms with E-state index in [1.54, 1.807) is 18.7 Å². The molecular weight excluding hydrogens is 380 g/mol. The number of carbonyl (C=O) groups excluding carboxylic acids is 1. The van der Waals surface area contributed by atoms with Gasteiger partial charge in [0.05, 0.1) is 5.56 Å². The third-order valence-corrected chi connectivity index (χ3v) is 5.46. The van der Waals surface area contributed by atoms with Crippen LogP contribution in [0, 0.1) is 12.8 Å². The van der Waals surface area contributed by atoms with Crippen LogP contribution in [0.1, 0.15) is 39.4 Å². The van der Waals surface area contributed by atoms with E-state index in [9.17, 15) is 4.79 Å². The van der Waals surface area contributed by atoms with E-state index in [-0.39, 0.29) is 17.9 Å². The zero-order valence-electron chi connectivity index (χ0n) is 18.0. The molecule has 3 aromatic heterocycles. The van der Waals surface area contributed by atoms with E-state index >= 15 is 0 Å². The van der Waals surface area contributed by atoms with E-state index in [4.69, 9.17) is 4.98 Å². The predicted octanol–water partition coefficient (Wildman–Crippen LogP) is 2.67. The Labute approximate surface area is 176 Å². The van der Waals surface area contributed by atoms with E-state index in [1.807, 2.05) is 30.2 Å². The molecule has 9 heteroatoms. The molecular formula is C21H28N8O. The average Bonchev–Trinajstić information content (AvgIpc) is 3.13. The van der Waals surface area contributed by atoms with Crippen LogP contribution < -0.4 is 5.32 Å². The summed E-state index contributed by atoms with van der Waals surface area (Å²) >= 11 is 0. The highest BCUT2D eigenvalue weighted by molar-refractivity contribution is 5.86. The quantitative estimate of drug-likeness (QED) is 0.692. The molecule has 1 saturated heterocycles. The maximum atomic E-state index is 12.4. The standard InChI is InChI=1S/C21H28N8O/c1-5-29-19(15-9-22-14(4)23-10-15)27-17-18(24-12-25-20(17)29)26-16-7-6-8-28(11-16)21(30)13(2)3/h9-10,12-13,16H,5-8,11H2,1-4H3,(H,24,25,26)/t16-/m0/s1. The molecule has 0 aliphatic carbocycles. The zero-order valence-corrected chi connectivity index (χ0v) is 18.0. The number of amides is 1. The number of carbonyl (C=O) groups is 1. The molecule has 0 saturated carbocycles. The second-order valence-corrected chi connectivity index (χ2v) is 8.02. The summed E-state index contributed by atoms with van der Waals surface area (Å²) in [5.74, 6) is 2.40. The van der Waals surface area contributed by atoms with Crippen molar-refractivity contribution in [2.45, 2.75) is 53.1 Å². The number of fused-ring (bicyclic) bond motifs is 1. The summed E-state index contributed by atoms with van der Waals surface area (Å²) in [5, 5.41) is 3.52. The third-order valence-electron chi connectivity index (χ3n) is 5.46. The van der Waals surface area contributed by atoms with Gasteiger partial charge in [-0.1, -0.05) is 13.8 Å². The normalized spacial score (nSPS) is 17.0. The lowest BCUT2D eigenvalue weighted by molar-refractivity contribution is -0.135. The molecule has 1 fully saturated rings. The highest BCUT2D eigenvalue weighted by Gasteiger charge is 2.26. The van der Waals surface area contributed by atoms with Crippen molar-refractivity contribution in [2.75, 3.05) is 18.4 Å². The van der Waals surface area contributed by atoms with Crippen molar-refractivity contribution in [1.29, 1.82) is 0 Å². The Bertz CT molecular complexity index is 1040. The van der Waals surface area contributed by atoms with Gasteiger partial charge >= 0.3 is 0 Å². The molecule has 30 heavy (non-hydrogen) atoms. The highest BCUT2D eigenvalue weighted by Crippen LogP contribution is 2.27. The Kier molecular flexibility index (Phi) is 5.61. The van der Waals surface area contributed by atoms with Crippen molar-refractivity contribution in [1.82, 2.24) is 34.4 Å². The van der Waals surface area contributed by atoms with Crippen LogP contribution in [-0.4, -0.2) is 59.4 Å². The van der Waals surface area contributed by atoms with Crippen LogP contribution >= 0.6 is 0 Å². The SMILES string of the molecule is CCn1c(-c2cnc(C)nc2)nc2c(N[C@H]3CCCN(C(=O)C(C)C)C3)ncnc21. The number of rotatable bonds is 5. The minimum Gasteiger partial charge on any atom is -0.364 e. The molecule has 3 aromatic rings. The van der Waals surface area contributed by atoms with Crippen LogP contribution in [0.5, 0.6) is 0 Å². The van der Waals surface area contributed by atoms with Gasteiger partial charge in [-0.05, 0) is 26.7 Å². The topological polar surface area (TPSA) is 102 Å². The molecule has 1 amide bonds. The van der Waals surface area contributed by atoms with Crippen molar-refractivity contribution >= 4 is 22.9 Å². The number of imidazole rings is 1. The highest BCUT2D eigenvalue weighted by atomic mass is 16.2. The number of piperidine rings is 1. The van der Waals surface area contributed by atoms with Gasteiger partial charge in [0, 0.05) is 44.0 Å². The second-order valence-electron chi connectivity index (χ2n) is 8.02. The monoisotopic (exact) mass is 408 g/mol. The lowest BCUT2D eigenvalue weighted by Gasteiger charge is -2.34. The number of aryl methyl sites for hydroxylation is 2. The smallest absolute Gasteiger partial charge is 0.225 e. The van der Waals surface area contributed by atoms with Crippen molar-refractivity contribution in [2.24, 2.45) is 5.92 Å². The number of nitrogens with zero attached hydrogens (tertiary/aromatic N) is 7. The molecule has 0 bridgehead atoms. The maximum absolute atomic E-state index is 12.4. The molecule has 0 unspecified atom stereocenters. The maximum Gasteiger partial charge on any atom is 0.225 e. The summed E-state index contributed by atoms with van der Waals surface area (Å²) in [6.07, 6.45) is 7.09. The summed E-state index contributed by atoms with van der Waals surface area (Å²) in [4.78, 5) is 36.8. The fourth-order valence-electron chi connectivity index (χ4n) is 3.92. The Morgan fingerprint density at radius 1 is 1.23 bits per heavy atom. The van der Waals surface area contributed by atoms with Crippen molar-refractivity contribution < 1.29 is 4.79 Å². The van der Waals surface area contributed by atoms with Gasteiger partial charge in [-0.25, -0.2) is 24.9 Å². The summed E-state index contributed by atoms with van der Waals surface area (Å²) in [6, 6.07) is 0.137. The van der Waals surface area contributed by atoms with E-state index in [1.165, 1.54) is 0 Å². The van der Waals surface area contributed by atoms with Crippen LogP contribution in [0.4, 0.5) is 5.82 Å². The molecule has 4 heterocycles. The first-order chi connectivity index (χ1) is 14.5. The minimum atomic E-state index is 0.00838. The second kappa shape index (κ2) is 8.33. The summed E-state index contributed by atoms with van der Waals surface area (Å²) in [5.41, 5.74) is 2.34. The van der Waals surface area contributed by atoms with E-state index in [0.717, 1.165) is 54.3 Å². The summed E-state index contributed by atoms with van der Waals surface area (Å²) in [6.45, 7) is 10.0. The number of aromatic nitrogens is 6. The zero-order chi connectivity index (χ0) is 21.3.